The van der Waals surface area contributed by atoms with Crippen molar-refractivity contribution in [3.63, 3.8) is 0 Å². The molecule has 4 fully saturated rings. The molecule has 0 aliphatic carbocycles. The van der Waals surface area contributed by atoms with Crippen LogP contribution in [0.3, 0.4) is 0 Å². The Labute approximate surface area is 533 Å². The Kier molecular flexibility index (Phi) is 18.6. The number of likely N-dealkylation sites (tertiary alicyclic amines) is 4. The number of ether oxygens (including phenoxy) is 2. The second-order valence-electron chi connectivity index (χ2n) is 27.7. The molecule has 0 spiro atoms. The number of benzene rings is 2. The van der Waals surface area contributed by atoms with E-state index in [4.69, 9.17) is 26.8 Å². The van der Waals surface area contributed by atoms with Gasteiger partial charge in [0.25, 0.3) is 0 Å². The van der Waals surface area contributed by atoms with Gasteiger partial charge in [-0.3, -0.25) is 14.8 Å². The van der Waals surface area contributed by atoms with E-state index in [9.17, 15) is 18.4 Å². The lowest BCUT2D eigenvalue weighted by molar-refractivity contribution is -0.116. The minimum atomic E-state index is -0.541. The molecular formula is C67H82ClF4N15O4. The molecular weight excluding hydrogens is 1190 g/mol. The van der Waals surface area contributed by atoms with Gasteiger partial charge in [0.1, 0.15) is 57.2 Å². The number of nitrogen functional groups attached to an aromatic ring is 1. The van der Waals surface area contributed by atoms with E-state index in [-0.39, 0.29) is 68.4 Å². The maximum Gasteiger partial charge on any atom is 0.410 e. The lowest BCUT2D eigenvalue weighted by Gasteiger charge is -2.60. The molecule has 24 heteroatoms. The van der Waals surface area contributed by atoms with Crippen LogP contribution >= 0.6 is 11.6 Å². The number of aryl methyl sites for hydroxylation is 2. The fourth-order valence-corrected chi connectivity index (χ4v) is 13.6. The first-order valence-electron chi connectivity index (χ1n) is 30.9. The van der Waals surface area contributed by atoms with Gasteiger partial charge >= 0.3 is 12.2 Å². The molecule has 19 nitrogen and oxygen atoms in total. The Bertz CT molecular complexity index is 4000. The molecule has 2 aromatic carbocycles. The summed E-state index contributed by atoms with van der Waals surface area (Å²) in [7, 11) is 0. The number of carbonyl (C=O) groups is 2. The van der Waals surface area contributed by atoms with Gasteiger partial charge in [-0.25, -0.2) is 62.0 Å². The standard InChI is InChI=1S/C34H41F2N7O2.C17H25ClN4O2.C16H16F2N4/c1-20(2)43-21(3)40-31-26(35)10-23(11-28(31)43)25-12-24(37-16-27(25)36)13-30-38-14-22(15-39-30)17-42-19-34(7)18-41(9-8-29(34)42)32(44)45-33(4,5)6;1-16(2,3)24-15(23)21-6-5-13-17(4,10-21)11-22(13)9-12-7-19-14(18)20-8-12;1-8(2)22-9(3)21-16-12(17)4-10(5-14(16)22)11-6-15(19)20-7-13(11)18/h10-12,14-16,20,29H,8-9,13,17-19H2,1-7H3;7-8,13H,5-6,9-11H2,1-4H3;4-8H,1-3H3,(H2,19,20)/t29-,34-;13-,17-;/m11./s1. The molecule has 2 N–H and O–H groups in total. The van der Waals surface area contributed by atoms with Crippen molar-refractivity contribution in [3.8, 4) is 22.3 Å². The van der Waals surface area contributed by atoms with Crippen LogP contribution in [0.1, 0.15) is 142 Å². The SMILES string of the molecule is CC(C)(C)OC(=O)N1CC[C@H]2N(Cc3cnc(Cl)nc3)C[C@@]2(C)C1.Cc1nc2c(F)cc(-c3cc(Cc4ncc(CN5C[C@@]6(C)CN(C(=O)OC(C)(C)C)CC[C@@H]56)cn4)ncc3F)cc2n1C(C)C.Cc1nc2c(F)cc(-c3cc(N)ncc3F)cc2n1C(C)C. The minimum Gasteiger partial charge on any atom is -0.444 e. The lowest BCUT2D eigenvalue weighted by atomic mass is 9.69. The molecule has 0 unspecified atom stereocenters. The molecule has 4 aliphatic heterocycles. The highest BCUT2D eigenvalue weighted by Crippen LogP contribution is 2.46. The van der Waals surface area contributed by atoms with E-state index in [1.165, 1.54) is 24.4 Å². The van der Waals surface area contributed by atoms with Crippen molar-refractivity contribution in [2.24, 2.45) is 10.8 Å². The average molecular weight is 1270 g/mol. The van der Waals surface area contributed by atoms with Crippen molar-refractivity contribution in [2.75, 3.05) is 45.0 Å². The predicted molar refractivity (Wildman–Crippen MR) is 342 cm³/mol. The van der Waals surface area contributed by atoms with Crippen LogP contribution in [0.5, 0.6) is 0 Å². The van der Waals surface area contributed by atoms with Crippen LogP contribution in [-0.4, -0.2) is 143 Å². The molecule has 8 aromatic rings. The number of aromatic nitrogens is 10. The topological polar surface area (TPSA) is 205 Å². The molecule has 0 saturated carbocycles. The maximum atomic E-state index is 15.1. The Morgan fingerprint density at radius 3 is 1.43 bits per heavy atom. The first-order valence-corrected chi connectivity index (χ1v) is 31.3. The van der Waals surface area contributed by atoms with E-state index < -0.39 is 34.5 Å². The Balaban J connectivity index is 0.000000166. The van der Waals surface area contributed by atoms with Gasteiger partial charge in [-0.15, -0.1) is 0 Å². The lowest BCUT2D eigenvalue weighted by Crippen LogP contribution is -2.70. The van der Waals surface area contributed by atoms with Gasteiger partial charge in [-0.05, 0) is 155 Å². The number of hydrogen-bond acceptors (Lipinski definition) is 15. The number of piperidine rings is 2. The Morgan fingerprint density at radius 1 is 0.593 bits per heavy atom. The summed E-state index contributed by atoms with van der Waals surface area (Å²) in [5.41, 5.74) is 10.6. The molecule has 6 aromatic heterocycles. The number of anilines is 1. The summed E-state index contributed by atoms with van der Waals surface area (Å²) >= 11 is 5.74. The van der Waals surface area contributed by atoms with Crippen molar-refractivity contribution in [2.45, 2.75) is 165 Å². The number of halogens is 5. The first-order chi connectivity index (χ1) is 42.7. The highest BCUT2D eigenvalue weighted by Gasteiger charge is 2.54. The second-order valence-corrected chi connectivity index (χ2v) is 28.1. The third kappa shape index (κ3) is 14.6. The van der Waals surface area contributed by atoms with Crippen molar-refractivity contribution >= 4 is 51.7 Å². The van der Waals surface area contributed by atoms with Crippen molar-refractivity contribution in [1.82, 2.24) is 68.6 Å². The van der Waals surface area contributed by atoms with Crippen LogP contribution in [0.15, 0.2) is 73.6 Å². The van der Waals surface area contributed by atoms with E-state index in [0.29, 0.717) is 71.1 Å². The summed E-state index contributed by atoms with van der Waals surface area (Å²) in [4.78, 5) is 67.3. The molecule has 0 radical (unpaired) electrons. The number of fused-ring (bicyclic) bond motifs is 4. The summed E-state index contributed by atoms with van der Waals surface area (Å²) in [5.74, 6) is 0.140. The van der Waals surface area contributed by atoms with E-state index in [0.717, 1.165) is 75.3 Å². The molecule has 12 rings (SSSR count). The van der Waals surface area contributed by atoms with Gasteiger partial charge in [-0.1, -0.05) is 13.8 Å². The van der Waals surface area contributed by atoms with E-state index in [1.54, 1.807) is 30.6 Å². The number of amides is 2. The quantitative estimate of drug-likeness (QED) is 0.0999. The Morgan fingerprint density at radius 2 is 1.01 bits per heavy atom. The summed E-state index contributed by atoms with van der Waals surface area (Å²) in [6, 6.07) is 10.2. The van der Waals surface area contributed by atoms with Crippen LogP contribution in [0.2, 0.25) is 5.28 Å². The fourth-order valence-electron chi connectivity index (χ4n) is 13.5. The molecule has 10 heterocycles. The van der Waals surface area contributed by atoms with Gasteiger partial charge in [0.2, 0.25) is 5.28 Å². The summed E-state index contributed by atoms with van der Waals surface area (Å²) in [5, 5.41) is 0.276. The van der Waals surface area contributed by atoms with E-state index in [1.807, 2.05) is 114 Å². The summed E-state index contributed by atoms with van der Waals surface area (Å²) < 4.78 is 73.4. The molecule has 484 valence electrons. The van der Waals surface area contributed by atoms with Gasteiger partial charge in [0, 0.05) is 140 Å². The second kappa shape index (κ2) is 25.7. The molecule has 4 aliphatic rings. The summed E-state index contributed by atoms with van der Waals surface area (Å²) in [6.45, 7) is 33.8. The zero-order chi connectivity index (χ0) is 65.8. The van der Waals surface area contributed by atoms with Crippen LogP contribution in [0, 0.1) is 47.9 Å². The summed E-state index contributed by atoms with van der Waals surface area (Å²) in [6.07, 6.45) is 11.1. The number of hydrogen-bond donors (Lipinski definition) is 1. The molecule has 2 amide bonds. The van der Waals surface area contributed by atoms with E-state index in [2.05, 4.69) is 63.5 Å². The van der Waals surface area contributed by atoms with Crippen LogP contribution in [0.25, 0.3) is 44.3 Å². The highest BCUT2D eigenvalue weighted by molar-refractivity contribution is 6.28. The molecule has 91 heavy (non-hydrogen) atoms. The molecule has 4 atom stereocenters. The maximum absolute atomic E-state index is 15.1. The predicted octanol–water partition coefficient (Wildman–Crippen LogP) is 13.3. The average Bonchev–Trinajstić information content (AvgIpc) is 1.58. The monoisotopic (exact) mass is 1270 g/mol. The van der Waals surface area contributed by atoms with E-state index >= 15 is 8.78 Å². The Hall–Kier alpha value is -7.89. The van der Waals surface area contributed by atoms with Crippen LogP contribution < -0.4 is 5.73 Å². The van der Waals surface area contributed by atoms with Crippen LogP contribution in [0.4, 0.5) is 33.0 Å². The number of rotatable bonds is 10. The van der Waals surface area contributed by atoms with Gasteiger partial charge in [0.05, 0.1) is 29.8 Å². The van der Waals surface area contributed by atoms with Gasteiger partial charge in [0.15, 0.2) is 11.6 Å². The largest absolute Gasteiger partial charge is 0.444 e. The third-order valence-electron chi connectivity index (χ3n) is 17.2. The number of nitrogens with two attached hydrogens (primary N) is 1. The van der Waals surface area contributed by atoms with Crippen LogP contribution in [-0.2, 0) is 29.0 Å². The number of nitrogens with zero attached hydrogens (tertiary/aromatic N) is 14. The fraction of sp³-hybridized carbons (Fsp3) is 0.493. The van der Waals surface area contributed by atoms with Crippen molar-refractivity contribution in [1.29, 1.82) is 0 Å². The number of imidazole rings is 2. The van der Waals surface area contributed by atoms with Gasteiger partial charge < -0.3 is 34.1 Å². The zero-order valence-corrected chi connectivity index (χ0v) is 55.1. The zero-order valence-electron chi connectivity index (χ0n) is 54.4. The number of carbonyl (C=O) groups excluding carboxylic acids is 2. The smallest absolute Gasteiger partial charge is 0.410 e. The minimum absolute atomic E-state index is 0.0303. The normalized spacial score (nSPS) is 20.1. The van der Waals surface area contributed by atoms with Gasteiger partial charge in [-0.2, -0.15) is 0 Å². The van der Waals surface area contributed by atoms with Crippen molar-refractivity contribution in [3.05, 3.63) is 136 Å². The third-order valence-corrected chi connectivity index (χ3v) is 17.4. The number of pyridine rings is 2. The van der Waals surface area contributed by atoms with Crippen molar-refractivity contribution < 1.29 is 36.6 Å². The molecule has 0 bridgehead atoms. The molecule has 4 saturated heterocycles. The first kappa shape index (κ1) is 66.0. The highest BCUT2D eigenvalue weighted by atomic mass is 35.5.